The molecule has 0 amide bonds. The van der Waals surface area contributed by atoms with Gasteiger partial charge in [0, 0.05) is 32.0 Å². The SMILES string of the molecule is C=Cc1cnc(N2CCC(Oc3ccc(F)cc3F)CC2)cn1. The number of rotatable bonds is 4. The maximum absolute atomic E-state index is 13.6. The van der Waals surface area contributed by atoms with E-state index in [1.165, 1.54) is 12.1 Å². The average Bonchev–Trinajstić information content (AvgIpc) is 2.58. The van der Waals surface area contributed by atoms with E-state index < -0.39 is 11.6 Å². The Labute approximate surface area is 133 Å². The van der Waals surface area contributed by atoms with Gasteiger partial charge >= 0.3 is 0 Å². The molecular weight excluding hydrogens is 300 g/mol. The van der Waals surface area contributed by atoms with Crippen LogP contribution in [0.1, 0.15) is 18.5 Å². The second kappa shape index (κ2) is 6.73. The van der Waals surface area contributed by atoms with Crippen LogP contribution in [0.2, 0.25) is 0 Å². The number of aromatic nitrogens is 2. The number of halogens is 2. The lowest BCUT2D eigenvalue weighted by atomic mass is 10.1. The molecule has 0 unspecified atom stereocenters. The smallest absolute Gasteiger partial charge is 0.167 e. The zero-order valence-electron chi connectivity index (χ0n) is 12.6. The quantitative estimate of drug-likeness (QED) is 0.866. The number of ether oxygens (including phenoxy) is 1. The van der Waals surface area contributed by atoms with Gasteiger partial charge < -0.3 is 9.64 Å². The van der Waals surface area contributed by atoms with Gasteiger partial charge in [-0.3, -0.25) is 4.98 Å². The Kier molecular flexibility index (Phi) is 4.50. The highest BCUT2D eigenvalue weighted by Gasteiger charge is 2.22. The van der Waals surface area contributed by atoms with Crippen molar-refractivity contribution in [3.8, 4) is 5.75 Å². The van der Waals surface area contributed by atoms with E-state index in [1.807, 2.05) is 0 Å². The van der Waals surface area contributed by atoms with Gasteiger partial charge in [-0.2, -0.15) is 0 Å². The normalized spacial score (nSPS) is 15.5. The van der Waals surface area contributed by atoms with Gasteiger partial charge in [-0.25, -0.2) is 13.8 Å². The van der Waals surface area contributed by atoms with E-state index in [0.717, 1.165) is 43.5 Å². The standard InChI is InChI=1S/C17H17F2N3O/c1-2-13-10-21-17(11-20-13)22-7-5-14(6-8-22)23-16-4-3-12(18)9-15(16)19/h2-4,9-11,14H,1,5-8H2. The van der Waals surface area contributed by atoms with Gasteiger partial charge in [0.1, 0.15) is 17.7 Å². The molecule has 4 nitrogen and oxygen atoms in total. The molecule has 2 heterocycles. The monoisotopic (exact) mass is 317 g/mol. The fraction of sp³-hybridized carbons (Fsp3) is 0.294. The molecule has 6 heteroatoms. The van der Waals surface area contributed by atoms with Crippen LogP contribution < -0.4 is 9.64 Å². The molecule has 0 aliphatic carbocycles. The van der Waals surface area contributed by atoms with Gasteiger partial charge in [-0.05, 0) is 18.2 Å². The molecule has 120 valence electrons. The largest absolute Gasteiger partial charge is 0.487 e. The minimum atomic E-state index is -0.668. The molecule has 0 radical (unpaired) electrons. The maximum atomic E-state index is 13.6. The summed E-state index contributed by atoms with van der Waals surface area (Å²) in [7, 11) is 0. The lowest BCUT2D eigenvalue weighted by Gasteiger charge is -2.32. The van der Waals surface area contributed by atoms with Gasteiger partial charge in [0.05, 0.1) is 18.1 Å². The number of benzene rings is 1. The van der Waals surface area contributed by atoms with Crippen LogP contribution in [-0.4, -0.2) is 29.2 Å². The molecule has 1 aromatic carbocycles. The lowest BCUT2D eigenvalue weighted by Crippen LogP contribution is -2.38. The molecule has 0 saturated carbocycles. The van der Waals surface area contributed by atoms with Crippen LogP contribution in [-0.2, 0) is 0 Å². The van der Waals surface area contributed by atoms with Crippen LogP contribution in [0, 0.1) is 11.6 Å². The summed E-state index contributed by atoms with van der Waals surface area (Å²) in [5.41, 5.74) is 0.735. The van der Waals surface area contributed by atoms with Crippen LogP contribution >= 0.6 is 0 Å². The summed E-state index contributed by atoms with van der Waals surface area (Å²) >= 11 is 0. The predicted molar refractivity (Wildman–Crippen MR) is 84.3 cm³/mol. The molecule has 23 heavy (non-hydrogen) atoms. The van der Waals surface area contributed by atoms with Crippen LogP contribution in [0.4, 0.5) is 14.6 Å². The molecule has 0 bridgehead atoms. The van der Waals surface area contributed by atoms with Crippen molar-refractivity contribution < 1.29 is 13.5 Å². The zero-order valence-corrected chi connectivity index (χ0v) is 12.6. The minimum absolute atomic E-state index is 0.0911. The molecule has 2 aromatic rings. The summed E-state index contributed by atoms with van der Waals surface area (Å²) in [4.78, 5) is 10.7. The summed E-state index contributed by atoms with van der Waals surface area (Å²) in [5, 5.41) is 0. The van der Waals surface area contributed by atoms with E-state index in [-0.39, 0.29) is 11.9 Å². The van der Waals surface area contributed by atoms with E-state index in [2.05, 4.69) is 21.4 Å². The van der Waals surface area contributed by atoms with Crippen molar-refractivity contribution in [3.63, 3.8) is 0 Å². The Hall–Kier alpha value is -2.50. The predicted octanol–water partition coefficient (Wildman–Crippen LogP) is 3.45. The van der Waals surface area contributed by atoms with Gasteiger partial charge in [-0.1, -0.05) is 6.58 Å². The third kappa shape index (κ3) is 3.64. The van der Waals surface area contributed by atoms with Crippen molar-refractivity contribution in [2.75, 3.05) is 18.0 Å². The summed E-state index contributed by atoms with van der Waals surface area (Å²) < 4.78 is 32.2. The second-order valence-electron chi connectivity index (χ2n) is 5.38. The highest BCUT2D eigenvalue weighted by atomic mass is 19.1. The van der Waals surface area contributed by atoms with E-state index in [4.69, 9.17) is 4.74 Å². The number of piperidine rings is 1. The van der Waals surface area contributed by atoms with Crippen molar-refractivity contribution in [2.24, 2.45) is 0 Å². The summed E-state index contributed by atoms with van der Waals surface area (Å²) in [6.45, 7) is 5.14. The van der Waals surface area contributed by atoms with Crippen molar-refractivity contribution in [2.45, 2.75) is 18.9 Å². The molecular formula is C17H17F2N3O. The van der Waals surface area contributed by atoms with Crippen LogP contribution in [0.25, 0.3) is 6.08 Å². The van der Waals surface area contributed by atoms with E-state index in [9.17, 15) is 8.78 Å². The lowest BCUT2D eigenvalue weighted by molar-refractivity contribution is 0.163. The fourth-order valence-electron chi connectivity index (χ4n) is 2.55. The molecule has 1 fully saturated rings. The highest BCUT2D eigenvalue weighted by molar-refractivity contribution is 5.44. The molecule has 1 aliphatic rings. The molecule has 1 aliphatic heterocycles. The Bertz CT molecular complexity index is 683. The zero-order chi connectivity index (χ0) is 16.2. The molecule has 0 spiro atoms. The Morgan fingerprint density at radius 1 is 1.17 bits per heavy atom. The van der Waals surface area contributed by atoms with Gasteiger partial charge in [0.2, 0.25) is 0 Å². The summed E-state index contributed by atoms with van der Waals surface area (Å²) in [6.07, 6.45) is 6.43. The van der Waals surface area contributed by atoms with Crippen molar-refractivity contribution in [3.05, 3.63) is 54.5 Å². The van der Waals surface area contributed by atoms with Crippen LogP contribution in [0.3, 0.4) is 0 Å². The Balaban J connectivity index is 1.58. The summed E-state index contributed by atoms with van der Waals surface area (Å²) in [5.74, 6) is -0.369. The van der Waals surface area contributed by atoms with E-state index in [1.54, 1.807) is 18.5 Å². The molecule has 0 atom stereocenters. The average molecular weight is 317 g/mol. The van der Waals surface area contributed by atoms with Crippen molar-refractivity contribution in [1.82, 2.24) is 9.97 Å². The molecule has 1 saturated heterocycles. The van der Waals surface area contributed by atoms with Gasteiger partial charge in [-0.15, -0.1) is 0 Å². The first-order valence-corrected chi connectivity index (χ1v) is 7.47. The second-order valence-corrected chi connectivity index (χ2v) is 5.38. The summed E-state index contributed by atoms with van der Waals surface area (Å²) in [6, 6.07) is 3.36. The highest BCUT2D eigenvalue weighted by Crippen LogP contribution is 2.24. The van der Waals surface area contributed by atoms with Gasteiger partial charge in [0.25, 0.3) is 0 Å². The van der Waals surface area contributed by atoms with E-state index >= 15 is 0 Å². The third-order valence-electron chi connectivity index (χ3n) is 3.82. The Morgan fingerprint density at radius 2 is 1.96 bits per heavy atom. The fourth-order valence-corrected chi connectivity index (χ4v) is 2.55. The van der Waals surface area contributed by atoms with Gasteiger partial charge in [0.15, 0.2) is 11.6 Å². The first-order chi connectivity index (χ1) is 11.2. The van der Waals surface area contributed by atoms with Crippen molar-refractivity contribution >= 4 is 11.9 Å². The molecule has 0 N–H and O–H groups in total. The first-order valence-electron chi connectivity index (χ1n) is 7.47. The van der Waals surface area contributed by atoms with Crippen LogP contribution in [0.5, 0.6) is 5.75 Å². The van der Waals surface area contributed by atoms with Crippen molar-refractivity contribution in [1.29, 1.82) is 0 Å². The molecule has 1 aromatic heterocycles. The maximum Gasteiger partial charge on any atom is 0.167 e. The first kappa shape index (κ1) is 15.4. The topological polar surface area (TPSA) is 38.2 Å². The number of hydrogen-bond acceptors (Lipinski definition) is 4. The molecule has 3 rings (SSSR count). The number of anilines is 1. The van der Waals surface area contributed by atoms with E-state index in [0.29, 0.717) is 0 Å². The Morgan fingerprint density at radius 3 is 2.57 bits per heavy atom. The number of hydrogen-bond donors (Lipinski definition) is 0. The minimum Gasteiger partial charge on any atom is -0.487 e. The third-order valence-corrected chi connectivity index (χ3v) is 3.82. The number of nitrogens with zero attached hydrogens (tertiary/aromatic N) is 3. The van der Waals surface area contributed by atoms with Crippen LogP contribution in [0.15, 0.2) is 37.2 Å².